The van der Waals surface area contributed by atoms with Crippen molar-refractivity contribution in [1.29, 1.82) is 0 Å². The summed E-state index contributed by atoms with van der Waals surface area (Å²) in [6.07, 6.45) is 0.505. The molecule has 1 aliphatic rings. The molecule has 74 valence electrons. The second-order valence-corrected chi connectivity index (χ2v) is 3.88. The van der Waals surface area contributed by atoms with E-state index in [1.807, 2.05) is 0 Å². The molecule has 1 amide bonds. The maximum Gasteiger partial charge on any atom is 0.323 e. The summed E-state index contributed by atoms with van der Waals surface area (Å²) in [5.74, 6) is -0.187. The van der Waals surface area contributed by atoms with Gasteiger partial charge in [0.25, 0.3) is 0 Å². The molecule has 0 saturated carbocycles. The van der Waals surface area contributed by atoms with Crippen LogP contribution >= 0.6 is 0 Å². The molecule has 0 spiro atoms. The van der Waals surface area contributed by atoms with Gasteiger partial charge in [0.05, 0.1) is 0 Å². The van der Waals surface area contributed by atoms with E-state index in [0.717, 1.165) is 0 Å². The van der Waals surface area contributed by atoms with E-state index in [9.17, 15) is 9.59 Å². The Balaban J connectivity index is 2.51. The predicted octanol–water partition coefficient (Wildman–Crippen LogP) is 0.575. The molecule has 1 aliphatic heterocycles. The Morgan fingerprint density at radius 2 is 2.31 bits per heavy atom. The fourth-order valence-corrected chi connectivity index (χ4v) is 1.57. The van der Waals surface area contributed by atoms with Crippen LogP contribution in [-0.4, -0.2) is 35.0 Å². The minimum Gasteiger partial charge on any atom is -0.480 e. The van der Waals surface area contributed by atoms with E-state index in [1.165, 1.54) is 4.90 Å². The number of aliphatic carboxylic acids is 1. The number of rotatable bonds is 3. The molecule has 0 aromatic rings. The second kappa shape index (κ2) is 3.77. The van der Waals surface area contributed by atoms with Crippen LogP contribution in [0.2, 0.25) is 0 Å². The van der Waals surface area contributed by atoms with Crippen LogP contribution in [0, 0.1) is 11.8 Å². The molecule has 1 unspecified atom stereocenters. The largest absolute Gasteiger partial charge is 0.480 e. The first kappa shape index (κ1) is 10.0. The molecule has 13 heavy (non-hydrogen) atoms. The van der Waals surface area contributed by atoms with Gasteiger partial charge in [-0.2, -0.15) is 0 Å². The van der Waals surface area contributed by atoms with Gasteiger partial charge in [-0.1, -0.05) is 13.8 Å². The van der Waals surface area contributed by atoms with E-state index in [4.69, 9.17) is 5.11 Å². The van der Waals surface area contributed by atoms with Crippen molar-refractivity contribution in [3.8, 4) is 0 Å². The molecule has 1 rings (SSSR count). The van der Waals surface area contributed by atoms with Crippen molar-refractivity contribution in [3.63, 3.8) is 0 Å². The summed E-state index contributed by atoms with van der Waals surface area (Å²) in [4.78, 5) is 23.1. The van der Waals surface area contributed by atoms with Crippen LogP contribution in [0.15, 0.2) is 0 Å². The van der Waals surface area contributed by atoms with Gasteiger partial charge in [0, 0.05) is 13.0 Å². The van der Waals surface area contributed by atoms with Crippen LogP contribution in [0.5, 0.6) is 0 Å². The highest BCUT2D eigenvalue weighted by Gasteiger charge is 2.32. The Labute approximate surface area is 77.5 Å². The SMILES string of the molecule is CC(C)C1CC(=O)N(CC(=O)O)C1. The van der Waals surface area contributed by atoms with E-state index in [0.29, 0.717) is 24.8 Å². The average molecular weight is 185 g/mol. The third kappa shape index (κ3) is 2.44. The summed E-state index contributed by atoms with van der Waals surface area (Å²) in [6, 6.07) is 0. The van der Waals surface area contributed by atoms with Gasteiger partial charge in [-0.15, -0.1) is 0 Å². The molecule has 1 fully saturated rings. The van der Waals surface area contributed by atoms with Gasteiger partial charge < -0.3 is 10.0 Å². The van der Waals surface area contributed by atoms with E-state index in [1.54, 1.807) is 0 Å². The fraction of sp³-hybridized carbons (Fsp3) is 0.778. The topological polar surface area (TPSA) is 57.6 Å². The summed E-state index contributed by atoms with van der Waals surface area (Å²) < 4.78 is 0. The van der Waals surface area contributed by atoms with E-state index < -0.39 is 5.97 Å². The summed E-state index contributed by atoms with van der Waals surface area (Å²) in [5, 5.41) is 8.52. The van der Waals surface area contributed by atoms with Crippen molar-refractivity contribution in [1.82, 2.24) is 4.90 Å². The average Bonchev–Trinajstić information content (AvgIpc) is 2.31. The van der Waals surface area contributed by atoms with Gasteiger partial charge in [0.2, 0.25) is 5.91 Å². The van der Waals surface area contributed by atoms with Crippen LogP contribution in [0.25, 0.3) is 0 Å². The standard InChI is InChI=1S/C9H15NO3/c1-6(2)7-3-8(11)10(4-7)5-9(12)13/h6-7H,3-5H2,1-2H3,(H,12,13). The van der Waals surface area contributed by atoms with Gasteiger partial charge in [0.15, 0.2) is 0 Å². The zero-order valence-electron chi connectivity index (χ0n) is 7.99. The normalized spacial score (nSPS) is 22.8. The van der Waals surface area contributed by atoms with Gasteiger partial charge in [-0.3, -0.25) is 9.59 Å². The Morgan fingerprint density at radius 3 is 2.69 bits per heavy atom. The molecule has 1 atom stereocenters. The number of carboxylic acid groups (broad SMARTS) is 1. The van der Waals surface area contributed by atoms with E-state index in [2.05, 4.69) is 13.8 Å². The Kier molecular flexibility index (Phi) is 2.90. The Morgan fingerprint density at radius 1 is 1.69 bits per heavy atom. The maximum absolute atomic E-state index is 11.3. The van der Waals surface area contributed by atoms with Crippen LogP contribution in [0.4, 0.5) is 0 Å². The zero-order valence-corrected chi connectivity index (χ0v) is 7.99. The lowest BCUT2D eigenvalue weighted by Gasteiger charge is -2.15. The van der Waals surface area contributed by atoms with E-state index in [-0.39, 0.29) is 12.5 Å². The molecule has 1 saturated heterocycles. The van der Waals surface area contributed by atoms with Crippen LogP contribution in [0.1, 0.15) is 20.3 Å². The Hall–Kier alpha value is -1.06. The molecular formula is C9H15NO3. The molecule has 1 N–H and O–H groups in total. The third-order valence-electron chi connectivity index (χ3n) is 2.51. The molecule has 0 bridgehead atoms. The quantitative estimate of drug-likeness (QED) is 0.699. The summed E-state index contributed by atoms with van der Waals surface area (Å²) in [6.45, 7) is 4.56. The van der Waals surface area contributed by atoms with Crippen molar-refractivity contribution in [2.75, 3.05) is 13.1 Å². The predicted molar refractivity (Wildman–Crippen MR) is 47.2 cm³/mol. The first-order chi connectivity index (χ1) is 6.00. The number of hydrogen-bond donors (Lipinski definition) is 1. The number of carboxylic acids is 1. The summed E-state index contributed by atoms with van der Waals surface area (Å²) in [7, 11) is 0. The van der Waals surface area contributed by atoms with Crippen molar-refractivity contribution >= 4 is 11.9 Å². The first-order valence-corrected chi connectivity index (χ1v) is 4.50. The first-order valence-electron chi connectivity index (χ1n) is 4.50. The van der Waals surface area contributed by atoms with Gasteiger partial charge in [0.1, 0.15) is 6.54 Å². The fourth-order valence-electron chi connectivity index (χ4n) is 1.57. The van der Waals surface area contributed by atoms with Gasteiger partial charge in [-0.05, 0) is 11.8 Å². The third-order valence-corrected chi connectivity index (χ3v) is 2.51. The van der Waals surface area contributed by atoms with Crippen molar-refractivity contribution in [2.24, 2.45) is 11.8 Å². The zero-order chi connectivity index (χ0) is 10.0. The minimum absolute atomic E-state index is 0.0268. The molecule has 0 aromatic heterocycles. The van der Waals surface area contributed by atoms with Crippen LogP contribution < -0.4 is 0 Å². The molecule has 4 heteroatoms. The van der Waals surface area contributed by atoms with Crippen molar-refractivity contribution < 1.29 is 14.7 Å². The molecule has 0 aromatic carbocycles. The number of hydrogen-bond acceptors (Lipinski definition) is 2. The summed E-state index contributed by atoms with van der Waals surface area (Å²) in [5.41, 5.74) is 0. The molecule has 0 radical (unpaired) electrons. The maximum atomic E-state index is 11.3. The van der Waals surface area contributed by atoms with E-state index >= 15 is 0 Å². The summed E-state index contributed by atoms with van der Waals surface area (Å²) >= 11 is 0. The minimum atomic E-state index is -0.933. The lowest BCUT2D eigenvalue weighted by atomic mass is 9.95. The number of amides is 1. The lowest BCUT2D eigenvalue weighted by molar-refractivity contribution is -0.142. The molecule has 0 aliphatic carbocycles. The highest BCUT2D eigenvalue weighted by molar-refractivity contribution is 5.83. The highest BCUT2D eigenvalue weighted by Crippen LogP contribution is 2.24. The van der Waals surface area contributed by atoms with Crippen LogP contribution in [0.3, 0.4) is 0 Å². The highest BCUT2D eigenvalue weighted by atomic mass is 16.4. The second-order valence-electron chi connectivity index (χ2n) is 3.88. The van der Waals surface area contributed by atoms with Gasteiger partial charge in [-0.25, -0.2) is 0 Å². The monoisotopic (exact) mass is 185 g/mol. The number of carbonyl (C=O) groups is 2. The smallest absolute Gasteiger partial charge is 0.323 e. The molecule has 1 heterocycles. The number of likely N-dealkylation sites (tertiary alicyclic amines) is 1. The number of carbonyl (C=O) groups excluding carboxylic acids is 1. The van der Waals surface area contributed by atoms with Gasteiger partial charge >= 0.3 is 5.97 Å². The van der Waals surface area contributed by atoms with Crippen molar-refractivity contribution in [3.05, 3.63) is 0 Å². The van der Waals surface area contributed by atoms with Crippen LogP contribution in [-0.2, 0) is 9.59 Å². The number of nitrogens with zero attached hydrogens (tertiary/aromatic N) is 1. The lowest BCUT2D eigenvalue weighted by Crippen LogP contribution is -2.31. The Bertz CT molecular complexity index is 225. The molecular weight excluding hydrogens is 170 g/mol. The van der Waals surface area contributed by atoms with Crippen molar-refractivity contribution in [2.45, 2.75) is 20.3 Å². The molecule has 4 nitrogen and oxygen atoms in total.